The Labute approximate surface area is 175 Å². The second kappa shape index (κ2) is 9.51. The van der Waals surface area contributed by atoms with Crippen molar-refractivity contribution in [1.29, 1.82) is 0 Å². The topological polar surface area (TPSA) is 105 Å². The molecule has 0 spiro atoms. The van der Waals surface area contributed by atoms with Gasteiger partial charge in [0.15, 0.2) is 5.78 Å². The molecule has 1 aromatic heterocycles. The fourth-order valence-electron chi connectivity index (χ4n) is 2.71. The maximum Gasteiger partial charge on any atom is 0.240 e. The maximum atomic E-state index is 12.3. The lowest BCUT2D eigenvalue weighted by molar-refractivity contribution is -0.116. The number of carbonyl (C=O) groups is 2. The van der Waals surface area contributed by atoms with Gasteiger partial charge in [0.2, 0.25) is 15.9 Å². The van der Waals surface area contributed by atoms with Crippen molar-refractivity contribution < 1.29 is 22.4 Å². The monoisotopic (exact) mass is 426 g/mol. The smallest absolute Gasteiger partial charge is 0.240 e. The van der Waals surface area contributed by atoms with E-state index in [9.17, 15) is 18.0 Å². The molecule has 1 heterocycles. The number of amides is 1. The molecule has 0 radical (unpaired) electrons. The van der Waals surface area contributed by atoms with E-state index in [1.54, 1.807) is 24.3 Å². The summed E-state index contributed by atoms with van der Waals surface area (Å²) in [6.45, 7) is 1.98. The molecule has 2 aromatic carbocycles. The number of furan rings is 1. The number of carbonyl (C=O) groups excluding carboxylic acids is 2. The number of sulfonamides is 1. The van der Waals surface area contributed by atoms with Crippen molar-refractivity contribution in [2.75, 3.05) is 5.32 Å². The Morgan fingerprint density at radius 2 is 1.63 bits per heavy atom. The van der Waals surface area contributed by atoms with Gasteiger partial charge in [-0.05, 0) is 43.3 Å². The number of benzene rings is 2. The van der Waals surface area contributed by atoms with Gasteiger partial charge in [-0.1, -0.05) is 29.8 Å². The van der Waals surface area contributed by atoms with Gasteiger partial charge in [0.1, 0.15) is 5.76 Å². The highest BCUT2D eigenvalue weighted by molar-refractivity contribution is 7.89. The van der Waals surface area contributed by atoms with Gasteiger partial charge in [0.05, 0.1) is 17.7 Å². The number of aryl methyl sites for hydroxylation is 1. The molecule has 0 aliphatic carbocycles. The Hall–Kier alpha value is -3.23. The predicted molar refractivity (Wildman–Crippen MR) is 113 cm³/mol. The minimum Gasteiger partial charge on any atom is -0.468 e. The van der Waals surface area contributed by atoms with Crippen molar-refractivity contribution in [3.05, 3.63) is 83.8 Å². The lowest BCUT2D eigenvalue weighted by atomic mass is 10.0. The summed E-state index contributed by atoms with van der Waals surface area (Å²) in [6, 6.07) is 16.3. The van der Waals surface area contributed by atoms with Crippen LogP contribution in [-0.4, -0.2) is 20.1 Å². The summed E-state index contributed by atoms with van der Waals surface area (Å²) in [5.41, 5.74) is 2.09. The Kier molecular flexibility index (Phi) is 6.81. The number of hydrogen-bond donors (Lipinski definition) is 2. The molecule has 0 unspecified atom stereocenters. The molecule has 0 bridgehead atoms. The fraction of sp³-hybridized carbons (Fsp3) is 0.182. The fourth-order valence-corrected chi connectivity index (χ4v) is 3.71. The molecule has 30 heavy (non-hydrogen) atoms. The van der Waals surface area contributed by atoms with Crippen molar-refractivity contribution in [2.24, 2.45) is 0 Å². The summed E-state index contributed by atoms with van der Waals surface area (Å²) >= 11 is 0. The molecule has 0 saturated carbocycles. The third kappa shape index (κ3) is 5.88. The van der Waals surface area contributed by atoms with Crippen LogP contribution in [0.5, 0.6) is 0 Å². The summed E-state index contributed by atoms with van der Waals surface area (Å²) < 4.78 is 32.2. The van der Waals surface area contributed by atoms with E-state index >= 15 is 0 Å². The van der Waals surface area contributed by atoms with E-state index in [4.69, 9.17) is 4.42 Å². The van der Waals surface area contributed by atoms with Crippen molar-refractivity contribution >= 4 is 27.4 Å². The average molecular weight is 426 g/mol. The second-order valence-corrected chi connectivity index (χ2v) is 8.53. The van der Waals surface area contributed by atoms with Gasteiger partial charge in [0.25, 0.3) is 0 Å². The average Bonchev–Trinajstić information content (AvgIpc) is 3.25. The molecule has 3 aromatic rings. The summed E-state index contributed by atoms with van der Waals surface area (Å²) in [5.74, 6) is 0.0823. The molecule has 0 atom stereocenters. The van der Waals surface area contributed by atoms with Crippen molar-refractivity contribution in [3.63, 3.8) is 0 Å². The highest BCUT2D eigenvalue weighted by Crippen LogP contribution is 2.15. The first-order chi connectivity index (χ1) is 14.3. The molecule has 0 saturated heterocycles. The highest BCUT2D eigenvalue weighted by Gasteiger charge is 2.15. The Balaban J connectivity index is 1.51. The second-order valence-electron chi connectivity index (χ2n) is 6.77. The van der Waals surface area contributed by atoms with E-state index in [1.165, 1.54) is 30.5 Å². The number of anilines is 1. The minimum absolute atomic E-state index is 0.0391. The summed E-state index contributed by atoms with van der Waals surface area (Å²) in [4.78, 5) is 24.3. The van der Waals surface area contributed by atoms with Crippen LogP contribution in [0.2, 0.25) is 0 Å². The number of ketones is 1. The van der Waals surface area contributed by atoms with Crippen LogP contribution in [-0.2, 0) is 21.4 Å². The summed E-state index contributed by atoms with van der Waals surface area (Å²) in [6.07, 6.45) is 1.60. The molecule has 0 fully saturated rings. The molecular weight excluding hydrogens is 404 g/mol. The van der Waals surface area contributed by atoms with Gasteiger partial charge in [-0.3, -0.25) is 9.59 Å². The number of rotatable bonds is 9. The SMILES string of the molecule is Cc1ccc(C(=O)CCC(=O)Nc2ccc(S(=O)(=O)NCc3ccco3)cc2)cc1. The molecule has 156 valence electrons. The molecule has 0 aliphatic rings. The third-order valence-electron chi connectivity index (χ3n) is 4.42. The van der Waals surface area contributed by atoms with Crippen LogP contribution in [0.1, 0.15) is 34.5 Å². The lowest BCUT2D eigenvalue weighted by Gasteiger charge is -2.08. The van der Waals surface area contributed by atoms with Crippen LogP contribution in [0.15, 0.2) is 76.2 Å². The van der Waals surface area contributed by atoms with Crippen LogP contribution in [0.3, 0.4) is 0 Å². The largest absolute Gasteiger partial charge is 0.468 e. The zero-order valence-electron chi connectivity index (χ0n) is 16.4. The van der Waals surface area contributed by atoms with E-state index < -0.39 is 10.0 Å². The van der Waals surface area contributed by atoms with Crippen molar-refractivity contribution in [1.82, 2.24) is 4.72 Å². The number of nitrogens with one attached hydrogen (secondary N) is 2. The standard InChI is InChI=1S/C22H22N2O5S/c1-16-4-6-17(7-5-16)21(25)12-13-22(26)24-18-8-10-20(11-9-18)30(27,28)23-15-19-3-2-14-29-19/h2-11,14,23H,12-13,15H2,1H3,(H,24,26). The van der Waals surface area contributed by atoms with E-state index in [0.29, 0.717) is 17.0 Å². The zero-order valence-corrected chi connectivity index (χ0v) is 17.2. The first-order valence-electron chi connectivity index (χ1n) is 9.35. The Bertz CT molecular complexity index is 1100. The van der Waals surface area contributed by atoms with E-state index in [2.05, 4.69) is 10.0 Å². The van der Waals surface area contributed by atoms with Crippen LogP contribution in [0.4, 0.5) is 5.69 Å². The lowest BCUT2D eigenvalue weighted by Crippen LogP contribution is -2.23. The predicted octanol–water partition coefficient (Wildman–Crippen LogP) is 3.67. The quantitative estimate of drug-likeness (QED) is 0.508. The van der Waals surface area contributed by atoms with Gasteiger partial charge in [-0.25, -0.2) is 13.1 Å². The third-order valence-corrected chi connectivity index (χ3v) is 5.83. The van der Waals surface area contributed by atoms with Crippen LogP contribution < -0.4 is 10.0 Å². The van der Waals surface area contributed by atoms with E-state index in [-0.39, 0.29) is 36.0 Å². The molecule has 3 rings (SSSR count). The molecule has 8 heteroatoms. The number of Topliss-reactive ketones (excluding diaryl/α,β-unsaturated/α-hetero) is 1. The van der Waals surface area contributed by atoms with Gasteiger partial charge >= 0.3 is 0 Å². The zero-order chi connectivity index (χ0) is 21.6. The van der Waals surface area contributed by atoms with Gasteiger partial charge in [0, 0.05) is 24.1 Å². The van der Waals surface area contributed by atoms with E-state index in [0.717, 1.165) is 5.56 Å². The van der Waals surface area contributed by atoms with Crippen LogP contribution >= 0.6 is 0 Å². The molecule has 1 amide bonds. The van der Waals surface area contributed by atoms with Crippen molar-refractivity contribution in [3.8, 4) is 0 Å². The first-order valence-corrected chi connectivity index (χ1v) is 10.8. The molecule has 7 nitrogen and oxygen atoms in total. The summed E-state index contributed by atoms with van der Waals surface area (Å²) in [5, 5.41) is 2.67. The molecule has 0 aliphatic heterocycles. The van der Waals surface area contributed by atoms with Gasteiger partial charge in [-0.15, -0.1) is 0 Å². The number of hydrogen-bond acceptors (Lipinski definition) is 5. The minimum atomic E-state index is -3.70. The first kappa shape index (κ1) is 21.5. The highest BCUT2D eigenvalue weighted by atomic mass is 32.2. The normalized spacial score (nSPS) is 11.2. The van der Waals surface area contributed by atoms with Gasteiger partial charge < -0.3 is 9.73 Å². The van der Waals surface area contributed by atoms with Crippen LogP contribution in [0, 0.1) is 6.92 Å². The van der Waals surface area contributed by atoms with Crippen LogP contribution in [0.25, 0.3) is 0 Å². The van der Waals surface area contributed by atoms with E-state index in [1.807, 2.05) is 19.1 Å². The Morgan fingerprint density at radius 3 is 2.27 bits per heavy atom. The van der Waals surface area contributed by atoms with Gasteiger partial charge in [-0.2, -0.15) is 0 Å². The molecule has 2 N–H and O–H groups in total. The molecular formula is C22H22N2O5S. The summed E-state index contributed by atoms with van der Waals surface area (Å²) in [7, 11) is -3.70. The Morgan fingerprint density at radius 1 is 0.933 bits per heavy atom. The van der Waals surface area contributed by atoms with Crippen molar-refractivity contribution in [2.45, 2.75) is 31.2 Å². The maximum absolute atomic E-state index is 12.3.